The van der Waals surface area contributed by atoms with Crippen LogP contribution in [0.1, 0.15) is 24.2 Å². The van der Waals surface area contributed by atoms with E-state index in [0.29, 0.717) is 18.5 Å². The molecule has 3 rings (SSSR count). The number of hydrogen-bond acceptors (Lipinski definition) is 2. The van der Waals surface area contributed by atoms with E-state index in [-0.39, 0.29) is 24.0 Å². The molecule has 5 nitrogen and oxygen atoms in total. The smallest absolute Gasteiger partial charge is 0.191 e. The lowest BCUT2D eigenvalue weighted by atomic mass is 10.4. The summed E-state index contributed by atoms with van der Waals surface area (Å²) in [4.78, 5) is 11.0. The van der Waals surface area contributed by atoms with Gasteiger partial charge in [-0.25, -0.2) is 9.98 Å². The minimum Gasteiger partial charge on any atom is -0.370 e. The third kappa shape index (κ3) is 3.05. The molecule has 20 heavy (non-hydrogen) atoms. The topological polar surface area (TPSA) is 58.9 Å². The van der Waals surface area contributed by atoms with Gasteiger partial charge in [0.2, 0.25) is 0 Å². The molecule has 108 valence electrons. The number of nitrogens with zero attached hydrogens (tertiary/aromatic N) is 4. The highest BCUT2D eigenvalue weighted by molar-refractivity contribution is 14.0. The van der Waals surface area contributed by atoms with Crippen LogP contribution in [0.4, 0.5) is 0 Å². The van der Waals surface area contributed by atoms with Crippen molar-refractivity contribution in [1.29, 1.82) is 0 Å². The lowest BCUT2D eigenvalue weighted by molar-refractivity contribution is 0.487. The van der Waals surface area contributed by atoms with Gasteiger partial charge in [-0.15, -0.1) is 24.0 Å². The predicted octanol–water partition coefficient (Wildman–Crippen LogP) is 2.17. The first-order valence-electron chi connectivity index (χ1n) is 6.61. The molecule has 0 aromatic carbocycles. The third-order valence-corrected chi connectivity index (χ3v) is 3.60. The van der Waals surface area contributed by atoms with Gasteiger partial charge in [-0.05, 0) is 31.9 Å². The number of halogens is 1. The third-order valence-electron chi connectivity index (χ3n) is 3.60. The first-order valence-corrected chi connectivity index (χ1v) is 6.61. The summed E-state index contributed by atoms with van der Waals surface area (Å²) in [5.74, 6) is 0.608. The Hall–Kier alpha value is -1.31. The quantitative estimate of drug-likeness (QED) is 0.501. The van der Waals surface area contributed by atoms with Gasteiger partial charge in [0, 0.05) is 25.0 Å². The normalized spacial score (nSPS) is 15.2. The van der Waals surface area contributed by atoms with Crippen LogP contribution in [0, 0.1) is 6.92 Å². The van der Waals surface area contributed by atoms with Crippen molar-refractivity contribution in [3.05, 3.63) is 35.8 Å². The Morgan fingerprint density at radius 2 is 2.25 bits per heavy atom. The molecule has 0 atom stereocenters. The van der Waals surface area contributed by atoms with E-state index < -0.39 is 0 Å². The van der Waals surface area contributed by atoms with E-state index in [1.807, 2.05) is 25.4 Å². The summed E-state index contributed by atoms with van der Waals surface area (Å²) in [7, 11) is 2.00. The van der Waals surface area contributed by atoms with Crippen LogP contribution >= 0.6 is 24.0 Å². The molecule has 0 amide bonds. The maximum Gasteiger partial charge on any atom is 0.191 e. The van der Waals surface area contributed by atoms with E-state index >= 15 is 0 Å². The van der Waals surface area contributed by atoms with Gasteiger partial charge in [-0.2, -0.15) is 0 Å². The number of fused-ring (bicyclic) bond motifs is 1. The number of hydrogen-bond donors (Lipinski definition) is 1. The summed E-state index contributed by atoms with van der Waals surface area (Å²) in [5.41, 5.74) is 9.04. The second-order valence-electron chi connectivity index (χ2n) is 5.14. The van der Waals surface area contributed by atoms with Crippen LogP contribution in [-0.2, 0) is 6.54 Å². The number of aliphatic imine (C=N–C) groups is 1. The van der Waals surface area contributed by atoms with Gasteiger partial charge in [0.05, 0.1) is 12.2 Å². The van der Waals surface area contributed by atoms with E-state index in [9.17, 15) is 0 Å². The summed E-state index contributed by atoms with van der Waals surface area (Å²) >= 11 is 0. The van der Waals surface area contributed by atoms with E-state index in [2.05, 4.69) is 32.3 Å². The predicted molar refractivity (Wildman–Crippen MR) is 91.5 cm³/mol. The minimum absolute atomic E-state index is 0. The molecule has 0 saturated heterocycles. The van der Waals surface area contributed by atoms with Crippen molar-refractivity contribution in [2.75, 3.05) is 7.05 Å². The molecule has 6 heteroatoms. The highest BCUT2D eigenvalue weighted by Crippen LogP contribution is 2.24. The molecule has 1 aliphatic carbocycles. The van der Waals surface area contributed by atoms with Crippen LogP contribution in [0.3, 0.4) is 0 Å². The fourth-order valence-corrected chi connectivity index (χ4v) is 2.20. The van der Waals surface area contributed by atoms with Gasteiger partial charge in [-0.1, -0.05) is 6.07 Å². The molecule has 1 fully saturated rings. The number of aromatic nitrogens is 2. The van der Waals surface area contributed by atoms with Crippen LogP contribution in [0.15, 0.2) is 29.4 Å². The molecule has 1 aliphatic rings. The number of aryl methyl sites for hydroxylation is 1. The first kappa shape index (κ1) is 15.1. The second kappa shape index (κ2) is 5.99. The molecular formula is C14H20IN5. The molecule has 2 aromatic rings. The average Bonchev–Trinajstić information content (AvgIpc) is 3.16. The van der Waals surface area contributed by atoms with E-state index in [1.165, 1.54) is 18.5 Å². The monoisotopic (exact) mass is 385 g/mol. The van der Waals surface area contributed by atoms with Gasteiger partial charge in [0.1, 0.15) is 5.65 Å². The van der Waals surface area contributed by atoms with Gasteiger partial charge in [-0.3, -0.25) is 0 Å². The van der Waals surface area contributed by atoms with Crippen molar-refractivity contribution in [1.82, 2.24) is 14.3 Å². The van der Waals surface area contributed by atoms with Gasteiger partial charge >= 0.3 is 0 Å². The molecular weight excluding hydrogens is 365 g/mol. The Balaban J connectivity index is 0.00000147. The lowest BCUT2D eigenvalue weighted by Gasteiger charge is -2.16. The van der Waals surface area contributed by atoms with E-state index in [4.69, 9.17) is 5.73 Å². The molecule has 2 N–H and O–H groups in total. The van der Waals surface area contributed by atoms with Gasteiger partial charge < -0.3 is 15.0 Å². The van der Waals surface area contributed by atoms with E-state index in [0.717, 1.165) is 11.3 Å². The average molecular weight is 385 g/mol. The van der Waals surface area contributed by atoms with Crippen molar-refractivity contribution >= 4 is 35.6 Å². The highest BCUT2D eigenvalue weighted by Gasteiger charge is 2.27. The Bertz CT molecular complexity index is 630. The molecule has 2 aromatic heterocycles. The Labute approximate surface area is 135 Å². The molecule has 2 heterocycles. The van der Waals surface area contributed by atoms with Crippen LogP contribution in [0.25, 0.3) is 5.65 Å². The van der Waals surface area contributed by atoms with Crippen molar-refractivity contribution in [3.63, 3.8) is 0 Å². The number of guanidine groups is 1. The highest BCUT2D eigenvalue weighted by atomic mass is 127. The number of imidazole rings is 1. The number of nitrogens with two attached hydrogens (primary N) is 1. The van der Waals surface area contributed by atoms with E-state index in [1.54, 1.807) is 0 Å². The van der Waals surface area contributed by atoms with Crippen molar-refractivity contribution in [2.45, 2.75) is 32.4 Å². The molecule has 0 spiro atoms. The standard InChI is InChI=1S/C14H19N5.HI/c1-10-4-3-5-13-17-11(9-19(10)13)8-16-14(15)18(2)12-6-7-12;/h3-5,9,12H,6-8H2,1-2H3,(H2,15,16);1H. The Kier molecular flexibility index (Phi) is 4.52. The molecule has 1 saturated carbocycles. The Morgan fingerprint density at radius 1 is 1.50 bits per heavy atom. The molecule has 0 unspecified atom stereocenters. The maximum atomic E-state index is 5.97. The largest absolute Gasteiger partial charge is 0.370 e. The van der Waals surface area contributed by atoms with Crippen LogP contribution < -0.4 is 5.73 Å². The van der Waals surface area contributed by atoms with Crippen molar-refractivity contribution < 1.29 is 0 Å². The summed E-state index contributed by atoms with van der Waals surface area (Å²) < 4.78 is 2.08. The maximum absolute atomic E-state index is 5.97. The zero-order valence-corrected chi connectivity index (χ0v) is 14.1. The van der Waals surface area contributed by atoms with Crippen LogP contribution in [-0.4, -0.2) is 33.3 Å². The second-order valence-corrected chi connectivity index (χ2v) is 5.14. The fourth-order valence-electron chi connectivity index (χ4n) is 2.20. The first-order chi connectivity index (χ1) is 9.15. The van der Waals surface area contributed by atoms with Gasteiger partial charge in [0.15, 0.2) is 5.96 Å². The van der Waals surface area contributed by atoms with Crippen LogP contribution in [0.2, 0.25) is 0 Å². The van der Waals surface area contributed by atoms with Gasteiger partial charge in [0.25, 0.3) is 0 Å². The van der Waals surface area contributed by atoms with Crippen molar-refractivity contribution in [3.8, 4) is 0 Å². The zero-order valence-electron chi connectivity index (χ0n) is 11.8. The Morgan fingerprint density at radius 3 is 2.90 bits per heavy atom. The summed E-state index contributed by atoms with van der Waals surface area (Å²) in [6, 6.07) is 6.67. The molecule has 0 bridgehead atoms. The lowest BCUT2D eigenvalue weighted by Crippen LogP contribution is -2.35. The molecule has 0 radical (unpaired) electrons. The summed E-state index contributed by atoms with van der Waals surface area (Å²) in [6.45, 7) is 2.60. The number of rotatable bonds is 3. The van der Waals surface area contributed by atoms with Crippen molar-refractivity contribution in [2.24, 2.45) is 10.7 Å². The number of pyridine rings is 1. The summed E-state index contributed by atoms with van der Waals surface area (Å²) in [6.07, 6.45) is 4.47. The minimum atomic E-state index is 0. The SMILES string of the molecule is Cc1cccc2nc(CN=C(N)N(C)C3CC3)cn12.I. The van der Waals surface area contributed by atoms with Crippen LogP contribution in [0.5, 0.6) is 0 Å². The summed E-state index contributed by atoms with van der Waals surface area (Å²) in [5, 5.41) is 0. The fraction of sp³-hybridized carbons (Fsp3) is 0.429. The zero-order chi connectivity index (χ0) is 13.4. The molecule has 0 aliphatic heterocycles.